The molecule has 1 aromatic heterocycles. The fourth-order valence-corrected chi connectivity index (χ4v) is 3.50. The minimum atomic E-state index is -4.44. The number of anilines is 1. The SMILES string of the molecule is O=C(CCCc1nc2ccccc2s1)Nc1ccccc1OCC(F)(F)F. The van der Waals surface area contributed by atoms with Gasteiger partial charge >= 0.3 is 6.18 Å². The molecule has 0 aliphatic heterocycles. The van der Waals surface area contributed by atoms with Crippen LogP contribution in [0.4, 0.5) is 18.9 Å². The molecule has 0 saturated heterocycles. The predicted molar refractivity (Wildman–Crippen MR) is 99.2 cm³/mol. The Balaban J connectivity index is 1.52. The van der Waals surface area contributed by atoms with Crippen LogP contribution in [-0.4, -0.2) is 23.7 Å². The molecule has 4 nitrogen and oxygen atoms in total. The van der Waals surface area contributed by atoms with Gasteiger partial charge in [0.2, 0.25) is 5.91 Å². The maximum Gasteiger partial charge on any atom is 0.422 e. The molecule has 1 heterocycles. The van der Waals surface area contributed by atoms with Crippen LogP contribution in [0.25, 0.3) is 10.2 Å². The highest BCUT2D eigenvalue weighted by atomic mass is 32.1. The van der Waals surface area contributed by atoms with Crippen molar-refractivity contribution in [1.29, 1.82) is 0 Å². The highest BCUT2D eigenvalue weighted by Gasteiger charge is 2.28. The van der Waals surface area contributed by atoms with E-state index in [2.05, 4.69) is 10.3 Å². The molecule has 0 spiro atoms. The molecule has 0 aliphatic carbocycles. The van der Waals surface area contributed by atoms with Crippen molar-refractivity contribution in [3.63, 3.8) is 0 Å². The number of carbonyl (C=O) groups is 1. The third-order valence-corrected chi connectivity index (χ3v) is 4.78. The van der Waals surface area contributed by atoms with E-state index in [-0.39, 0.29) is 23.8 Å². The number of nitrogens with one attached hydrogen (secondary N) is 1. The molecule has 2 aromatic carbocycles. The number of carbonyl (C=O) groups excluding carboxylic acids is 1. The maximum absolute atomic E-state index is 12.3. The highest BCUT2D eigenvalue weighted by molar-refractivity contribution is 7.18. The van der Waals surface area contributed by atoms with Crippen LogP contribution in [0, 0.1) is 0 Å². The summed E-state index contributed by atoms with van der Waals surface area (Å²) in [4.78, 5) is 16.6. The molecule has 1 N–H and O–H groups in total. The normalized spacial score (nSPS) is 11.5. The first-order valence-electron chi connectivity index (χ1n) is 8.33. The van der Waals surface area contributed by atoms with Gasteiger partial charge in [0.25, 0.3) is 0 Å². The number of benzene rings is 2. The van der Waals surface area contributed by atoms with E-state index in [1.165, 1.54) is 12.1 Å². The summed E-state index contributed by atoms with van der Waals surface area (Å²) in [5.74, 6) is -0.284. The van der Waals surface area contributed by atoms with Crippen molar-refractivity contribution >= 4 is 33.1 Å². The number of hydrogen-bond donors (Lipinski definition) is 1. The molecular formula is C19H17F3N2O2S. The van der Waals surface area contributed by atoms with E-state index in [0.29, 0.717) is 12.8 Å². The number of amides is 1. The fraction of sp³-hybridized carbons (Fsp3) is 0.263. The summed E-state index contributed by atoms with van der Waals surface area (Å²) in [5.41, 5.74) is 1.17. The van der Waals surface area contributed by atoms with Crippen molar-refractivity contribution < 1.29 is 22.7 Å². The van der Waals surface area contributed by atoms with Gasteiger partial charge in [0, 0.05) is 6.42 Å². The van der Waals surface area contributed by atoms with Gasteiger partial charge in [0.05, 0.1) is 20.9 Å². The number of thiazole rings is 1. The second-order valence-electron chi connectivity index (χ2n) is 5.88. The predicted octanol–water partition coefficient (Wildman–Crippen LogP) is 5.20. The van der Waals surface area contributed by atoms with Gasteiger partial charge in [0.1, 0.15) is 5.75 Å². The van der Waals surface area contributed by atoms with Crippen LogP contribution in [0.1, 0.15) is 17.8 Å². The van der Waals surface area contributed by atoms with Gasteiger partial charge in [0.15, 0.2) is 6.61 Å². The molecule has 0 aliphatic rings. The summed E-state index contributed by atoms with van der Waals surface area (Å²) >= 11 is 1.59. The van der Waals surface area contributed by atoms with E-state index in [9.17, 15) is 18.0 Å². The molecule has 8 heteroatoms. The largest absolute Gasteiger partial charge is 0.482 e. The van der Waals surface area contributed by atoms with Crippen LogP contribution >= 0.6 is 11.3 Å². The average Bonchev–Trinajstić information content (AvgIpc) is 3.03. The number of fused-ring (bicyclic) bond motifs is 1. The van der Waals surface area contributed by atoms with Crippen molar-refractivity contribution in [3.8, 4) is 5.75 Å². The summed E-state index contributed by atoms with van der Waals surface area (Å²) in [5, 5.41) is 3.57. The third-order valence-electron chi connectivity index (χ3n) is 3.69. The van der Waals surface area contributed by atoms with Crippen LogP contribution < -0.4 is 10.1 Å². The molecule has 0 atom stereocenters. The van der Waals surface area contributed by atoms with E-state index in [0.717, 1.165) is 15.2 Å². The Kier molecular flexibility index (Phi) is 5.95. The van der Waals surface area contributed by atoms with E-state index >= 15 is 0 Å². The zero-order chi connectivity index (χ0) is 19.3. The molecular weight excluding hydrogens is 377 g/mol. The topological polar surface area (TPSA) is 51.2 Å². The summed E-state index contributed by atoms with van der Waals surface area (Å²) in [6, 6.07) is 13.9. The van der Waals surface area contributed by atoms with Crippen LogP contribution in [0.5, 0.6) is 5.75 Å². The Hall–Kier alpha value is -2.61. The number of alkyl halides is 3. The molecule has 1 amide bonds. The first kappa shape index (κ1) is 19.2. The van der Waals surface area contributed by atoms with E-state index < -0.39 is 12.8 Å². The van der Waals surface area contributed by atoms with Crippen molar-refractivity contribution in [3.05, 3.63) is 53.5 Å². The molecule has 0 radical (unpaired) electrons. The lowest BCUT2D eigenvalue weighted by molar-refractivity contribution is -0.153. The smallest absolute Gasteiger partial charge is 0.422 e. The molecule has 0 bridgehead atoms. The first-order valence-corrected chi connectivity index (χ1v) is 9.15. The van der Waals surface area contributed by atoms with Gasteiger partial charge in [-0.25, -0.2) is 4.98 Å². The number of hydrogen-bond acceptors (Lipinski definition) is 4. The van der Waals surface area contributed by atoms with E-state index in [1.54, 1.807) is 23.5 Å². The minimum absolute atomic E-state index is 0.00523. The standard InChI is InChI=1S/C19H17F3N2O2S/c20-19(21,22)12-26-15-8-3-1-6-13(15)23-17(25)10-5-11-18-24-14-7-2-4-9-16(14)27-18/h1-4,6-9H,5,10-12H2,(H,23,25). The number of rotatable bonds is 7. The molecule has 142 valence electrons. The molecule has 0 fully saturated rings. The summed E-state index contributed by atoms with van der Waals surface area (Å²) in [6.45, 7) is -1.41. The lowest BCUT2D eigenvalue weighted by Gasteiger charge is -2.13. The molecule has 3 aromatic rings. The van der Waals surface area contributed by atoms with Gasteiger partial charge in [-0.2, -0.15) is 13.2 Å². The second-order valence-corrected chi connectivity index (χ2v) is 6.99. The maximum atomic E-state index is 12.3. The fourth-order valence-electron chi connectivity index (χ4n) is 2.50. The van der Waals surface area contributed by atoms with Gasteiger partial charge in [-0.15, -0.1) is 11.3 Å². The summed E-state index contributed by atoms with van der Waals surface area (Å²) < 4.78 is 42.8. The Morgan fingerprint density at radius 2 is 1.85 bits per heavy atom. The lowest BCUT2D eigenvalue weighted by Crippen LogP contribution is -2.20. The summed E-state index contributed by atoms with van der Waals surface area (Å²) in [6.07, 6.45) is -2.94. The minimum Gasteiger partial charge on any atom is -0.482 e. The number of ether oxygens (including phenoxy) is 1. The van der Waals surface area contributed by atoms with Crippen molar-refractivity contribution in [2.24, 2.45) is 0 Å². The molecule has 27 heavy (non-hydrogen) atoms. The first-order chi connectivity index (χ1) is 12.9. The number of nitrogens with zero attached hydrogens (tertiary/aromatic N) is 1. The van der Waals surface area contributed by atoms with Crippen LogP contribution in [0.3, 0.4) is 0 Å². The Morgan fingerprint density at radius 3 is 2.63 bits per heavy atom. The second kappa shape index (κ2) is 8.39. The van der Waals surface area contributed by atoms with E-state index in [1.807, 2.05) is 24.3 Å². The molecule has 3 rings (SSSR count). The van der Waals surface area contributed by atoms with Crippen molar-refractivity contribution in [2.75, 3.05) is 11.9 Å². The van der Waals surface area contributed by atoms with E-state index in [4.69, 9.17) is 4.74 Å². The van der Waals surface area contributed by atoms with Gasteiger partial charge < -0.3 is 10.1 Å². The van der Waals surface area contributed by atoms with Crippen molar-refractivity contribution in [1.82, 2.24) is 4.98 Å². The zero-order valence-electron chi connectivity index (χ0n) is 14.3. The highest BCUT2D eigenvalue weighted by Crippen LogP contribution is 2.27. The third kappa shape index (κ3) is 5.68. The van der Waals surface area contributed by atoms with Gasteiger partial charge in [-0.1, -0.05) is 24.3 Å². The summed E-state index contributed by atoms with van der Waals surface area (Å²) in [7, 11) is 0. The quantitative estimate of drug-likeness (QED) is 0.599. The number of para-hydroxylation sites is 3. The molecule has 0 unspecified atom stereocenters. The van der Waals surface area contributed by atoms with Crippen molar-refractivity contribution in [2.45, 2.75) is 25.4 Å². The number of aromatic nitrogens is 1. The van der Waals surface area contributed by atoms with Gasteiger partial charge in [-0.05, 0) is 37.1 Å². The Labute approximate surface area is 158 Å². The Morgan fingerprint density at radius 1 is 1.11 bits per heavy atom. The lowest BCUT2D eigenvalue weighted by atomic mass is 10.2. The van der Waals surface area contributed by atoms with Gasteiger partial charge in [-0.3, -0.25) is 4.79 Å². The Bertz CT molecular complexity index is 891. The zero-order valence-corrected chi connectivity index (χ0v) is 15.1. The average molecular weight is 394 g/mol. The number of aryl methyl sites for hydroxylation is 1. The van der Waals surface area contributed by atoms with Crippen LogP contribution in [-0.2, 0) is 11.2 Å². The molecule has 0 saturated carbocycles. The van der Waals surface area contributed by atoms with Crippen LogP contribution in [0.2, 0.25) is 0 Å². The van der Waals surface area contributed by atoms with Crippen LogP contribution in [0.15, 0.2) is 48.5 Å². The monoisotopic (exact) mass is 394 g/mol. The number of halogens is 3.